The van der Waals surface area contributed by atoms with E-state index in [2.05, 4.69) is 11.1 Å². The van der Waals surface area contributed by atoms with E-state index in [1.165, 1.54) is 4.90 Å². The maximum atomic E-state index is 5.83. The number of nitrogens with zero attached hydrogens (tertiary/aromatic N) is 1. The van der Waals surface area contributed by atoms with E-state index in [-0.39, 0.29) is 0 Å². The van der Waals surface area contributed by atoms with Crippen LogP contribution >= 0.6 is 23.4 Å². The van der Waals surface area contributed by atoms with Gasteiger partial charge in [0.1, 0.15) is 10.9 Å². The lowest BCUT2D eigenvalue weighted by Crippen LogP contribution is -1.84. The Balaban J connectivity index is 2.02. The molecule has 0 radical (unpaired) electrons. The minimum atomic E-state index is 0.536. The molecular weight excluding hydrogens is 254 g/mol. The van der Waals surface area contributed by atoms with Crippen LogP contribution in [0.3, 0.4) is 0 Å². The minimum absolute atomic E-state index is 0.536. The van der Waals surface area contributed by atoms with Gasteiger partial charge in [0.05, 0.1) is 7.11 Å². The highest BCUT2D eigenvalue weighted by Crippen LogP contribution is 2.26. The van der Waals surface area contributed by atoms with Crippen molar-refractivity contribution in [3.63, 3.8) is 0 Å². The monoisotopic (exact) mass is 265 g/mol. The van der Waals surface area contributed by atoms with E-state index in [9.17, 15) is 0 Å². The molecule has 4 heteroatoms. The molecule has 1 aromatic carbocycles. The van der Waals surface area contributed by atoms with Crippen LogP contribution in [-0.2, 0) is 5.75 Å². The Hall–Kier alpha value is -1.19. The molecule has 0 saturated carbocycles. The molecule has 0 bridgehead atoms. The SMILES string of the molecule is COc1cccc(SCc2ccnc(Cl)c2)c1. The fraction of sp³-hybridized carbons (Fsp3) is 0.154. The van der Waals surface area contributed by atoms with E-state index in [1.807, 2.05) is 30.3 Å². The van der Waals surface area contributed by atoms with Crippen molar-refractivity contribution in [2.24, 2.45) is 0 Å². The van der Waals surface area contributed by atoms with Gasteiger partial charge in [0, 0.05) is 16.8 Å². The number of halogens is 1. The lowest BCUT2D eigenvalue weighted by atomic mass is 10.3. The second-order valence-electron chi connectivity index (χ2n) is 3.45. The van der Waals surface area contributed by atoms with E-state index in [0.29, 0.717) is 5.15 Å². The molecule has 0 spiro atoms. The van der Waals surface area contributed by atoms with E-state index >= 15 is 0 Å². The van der Waals surface area contributed by atoms with Crippen LogP contribution in [0.4, 0.5) is 0 Å². The molecular formula is C13H12ClNOS. The Morgan fingerprint density at radius 1 is 1.29 bits per heavy atom. The van der Waals surface area contributed by atoms with Crippen LogP contribution < -0.4 is 4.74 Å². The molecule has 0 N–H and O–H groups in total. The van der Waals surface area contributed by atoms with Crippen LogP contribution in [0.5, 0.6) is 5.75 Å². The van der Waals surface area contributed by atoms with Gasteiger partial charge in [-0.2, -0.15) is 0 Å². The van der Waals surface area contributed by atoms with Gasteiger partial charge in [0.25, 0.3) is 0 Å². The molecule has 2 aromatic rings. The van der Waals surface area contributed by atoms with Crippen molar-refractivity contribution < 1.29 is 4.74 Å². The molecule has 0 saturated heterocycles. The molecule has 0 amide bonds. The van der Waals surface area contributed by atoms with Gasteiger partial charge in [-0.15, -0.1) is 11.8 Å². The zero-order valence-corrected chi connectivity index (χ0v) is 11.0. The van der Waals surface area contributed by atoms with E-state index in [4.69, 9.17) is 16.3 Å². The van der Waals surface area contributed by atoms with Crippen molar-refractivity contribution in [3.8, 4) is 5.75 Å². The summed E-state index contributed by atoms with van der Waals surface area (Å²) >= 11 is 7.58. The molecule has 1 aromatic heterocycles. The molecule has 0 unspecified atom stereocenters. The Kier molecular flexibility index (Phi) is 4.29. The average molecular weight is 266 g/mol. The first-order valence-electron chi connectivity index (χ1n) is 5.15. The second-order valence-corrected chi connectivity index (χ2v) is 4.89. The highest BCUT2D eigenvalue weighted by atomic mass is 35.5. The third kappa shape index (κ3) is 3.65. The first-order valence-corrected chi connectivity index (χ1v) is 6.51. The van der Waals surface area contributed by atoms with Crippen LogP contribution in [-0.4, -0.2) is 12.1 Å². The maximum absolute atomic E-state index is 5.83. The standard InChI is InChI=1S/C13H12ClNOS/c1-16-11-3-2-4-12(8-11)17-9-10-5-6-15-13(14)7-10/h2-8H,9H2,1H3. The summed E-state index contributed by atoms with van der Waals surface area (Å²) in [6.45, 7) is 0. The fourth-order valence-electron chi connectivity index (χ4n) is 1.39. The van der Waals surface area contributed by atoms with Gasteiger partial charge in [0.15, 0.2) is 0 Å². The summed E-state index contributed by atoms with van der Waals surface area (Å²) in [4.78, 5) is 5.14. The molecule has 2 nitrogen and oxygen atoms in total. The number of methoxy groups -OCH3 is 1. The van der Waals surface area contributed by atoms with Gasteiger partial charge in [-0.05, 0) is 35.9 Å². The largest absolute Gasteiger partial charge is 0.497 e. The summed E-state index contributed by atoms with van der Waals surface area (Å²) in [5, 5.41) is 0.536. The quantitative estimate of drug-likeness (QED) is 0.615. The molecule has 0 atom stereocenters. The number of thioether (sulfide) groups is 1. The highest BCUT2D eigenvalue weighted by Gasteiger charge is 1.99. The van der Waals surface area contributed by atoms with Crippen LogP contribution in [0.1, 0.15) is 5.56 Å². The van der Waals surface area contributed by atoms with Crippen LogP contribution in [0.25, 0.3) is 0 Å². The normalized spacial score (nSPS) is 10.2. The van der Waals surface area contributed by atoms with Crippen LogP contribution in [0.2, 0.25) is 5.15 Å². The molecule has 0 aliphatic rings. The number of hydrogen-bond acceptors (Lipinski definition) is 3. The zero-order chi connectivity index (χ0) is 12.1. The first-order chi connectivity index (χ1) is 8.28. The number of benzene rings is 1. The number of aromatic nitrogens is 1. The number of hydrogen-bond donors (Lipinski definition) is 0. The van der Waals surface area contributed by atoms with Gasteiger partial charge < -0.3 is 4.74 Å². The predicted molar refractivity (Wildman–Crippen MR) is 71.8 cm³/mol. The summed E-state index contributed by atoms with van der Waals surface area (Å²) in [7, 11) is 1.67. The third-order valence-corrected chi connectivity index (χ3v) is 3.51. The Morgan fingerprint density at radius 3 is 2.94 bits per heavy atom. The van der Waals surface area contributed by atoms with Gasteiger partial charge in [-0.3, -0.25) is 0 Å². The first kappa shape index (κ1) is 12.3. The maximum Gasteiger partial charge on any atom is 0.129 e. The lowest BCUT2D eigenvalue weighted by molar-refractivity contribution is 0.413. The molecule has 1 heterocycles. The molecule has 17 heavy (non-hydrogen) atoms. The summed E-state index contributed by atoms with van der Waals surface area (Å²) < 4.78 is 5.18. The van der Waals surface area contributed by atoms with Gasteiger partial charge >= 0.3 is 0 Å². The third-order valence-electron chi connectivity index (χ3n) is 2.24. The van der Waals surface area contributed by atoms with E-state index in [1.54, 1.807) is 25.1 Å². The van der Waals surface area contributed by atoms with Gasteiger partial charge in [0.2, 0.25) is 0 Å². The predicted octanol–water partition coefficient (Wildman–Crippen LogP) is 4.04. The molecule has 2 rings (SSSR count). The van der Waals surface area contributed by atoms with Crippen molar-refractivity contribution in [1.82, 2.24) is 4.98 Å². The second kappa shape index (κ2) is 5.94. The number of ether oxygens (including phenoxy) is 1. The summed E-state index contributed by atoms with van der Waals surface area (Å²) in [5.74, 6) is 1.75. The smallest absolute Gasteiger partial charge is 0.129 e. The number of pyridine rings is 1. The van der Waals surface area contributed by atoms with Gasteiger partial charge in [-0.25, -0.2) is 4.98 Å². The molecule has 0 fully saturated rings. The van der Waals surface area contributed by atoms with Crippen molar-refractivity contribution in [1.29, 1.82) is 0 Å². The average Bonchev–Trinajstić information content (AvgIpc) is 2.37. The molecule has 88 valence electrons. The van der Waals surface area contributed by atoms with Crippen molar-refractivity contribution in [3.05, 3.63) is 53.3 Å². The van der Waals surface area contributed by atoms with Crippen LogP contribution in [0.15, 0.2) is 47.5 Å². The highest BCUT2D eigenvalue weighted by molar-refractivity contribution is 7.98. The number of rotatable bonds is 4. The van der Waals surface area contributed by atoms with Crippen molar-refractivity contribution in [2.75, 3.05) is 7.11 Å². The van der Waals surface area contributed by atoms with Crippen LogP contribution in [0, 0.1) is 0 Å². The molecule has 0 aliphatic carbocycles. The fourth-order valence-corrected chi connectivity index (χ4v) is 2.47. The van der Waals surface area contributed by atoms with Crippen molar-refractivity contribution in [2.45, 2.75) is 10.6 Å². The van der Waals surface area contributed by atoms with Crippen molar-refractivity contribution >= 4 is 23.4 Å². The van der Waals surface area contributed by atoms with Gasteiger partial charge in [-0.1, -0.05) is 17.7 Å². The zero-order valence-electron chi connectivity index (χ0n) is 9.39. The Morgan fingerprint density at radius 2 is 2.18 bits per heavy atom. The van der Waals surface area contributed by atoms with E-state index < -0.39 is 0 Å². The Labute approximate surface area is 110 Å². The minimum Gasteiger partial charge on any atom is -0.497 e. The Bertz CT molecular complexity index is 504. The summed E-state index contributed by atoms with van der Waals surface area (Å²) in [6, 6.07) is 11.9. The molecule has 0 aliphatic heterocycles. The summed E-state index contributed by atoms with van der Waals surface area (Å²) in [6.07, 6.45) is 1.73. The summed E-state index contributed by atoms with van der Waals surface area (Å²) in [5.41, 5.74) is 1.16. The lowest BCUT2D eigenvalue weighted by Gasteiger charge is -2.04. The van der Waals surface area contributed by atoms with E-state index in [0.717, 1.165) is 17.1 Å². The topological polar surface area (TPSA) is 22.1 Å².